The molecule has 0 bridgehead atoms. The van der Waals surface area contributed by atoms with Gasteiger partial charge in [-0.05, 0) is 36.6 Å². The second-order valence-corrected chi connectivity index (χ2v) is 6.04. The van der Waals surface area contributed by atoms with Crippen LogP contribution in [-0.2, 0) is 9.53 Å². The average molecular weight is 339 g/mol. The number of methoxy groups -OCH3 is 1. The van der Waals surface area contributed by atoms with Crippen LogP contribution in [0.5, 0.6) is 0 Å². The summed E-state index contributed by atoms with van der Waals surface area (Å²) in [5.74, 6) is 0.132. The van der Waals surface area contributed by atoms with Crippen molar-refractivity contribution in [1.82, 2.24) is 9.78 Å². The van der Waals surface area contributed by atoms with Crippen LogP contribution in [-0.4, -0.2) is 28.8 Å². The van der Waals surface area contributed by atoms with Crippen LogP contribution in [0.15, 0.2) is 42.6 Å². The minimum absolute atomic E-state index is 0.211. The van der Waals surface area contributed by atoms with Crippen LogP contribution >= 0.6 is 0 Å². The van der Waals surface area contributed by atoms with Gasteiger partial charge in [-0.15, -0.1) is 0 Å². The molecule has 2 aromatic rings. The van der Waals surface area contributed by atoms with Gasteiger partial charge < -0.3 is 10.1 Å². The Morgan fingerprint density at radius 1 is 1.20 bits per heavy atom. The van der Waals surface area contributed by atoms with Crippen molar-refractivity contribution in [2.45, 2.75) is 31.7 Å². The highest BCUT2D eigenvalue weighted by atomic mass is 16.5. The summed E-state index contributed by atoms with van der Waals surface area (Å²) >= 11 is 0. The Balaban J connectivity index is 1.62. The number of benzene rings is 1. The first-order valence-corrected chi connectivity index (χ1v) is 8.38. The van der Waals surface area contributed by atoms with Gasteiger partial charge >= 0.3 is 5.97 Å². The number of hydrogen-bond donors (Lipinski definition) is 1. The molecule has 1 heterocycles. The average Bonchev–Trinajstić information content (AvgIpc) is 3.31. The molecule has 1 aromatic carbocycles. The third kappa shape index (κ3) is 4.15. The van der Waals surface area contributed by atoms with Crippen molar-refractivity contribution in [3.63, 3.8) is 0 Å². The number of carbonyl (C=O) groups excluding carboxylic acids is 2. The smallest absolute Gasteiger partial charge is 0.337 e. The van der Waals surface area contributed by atoms with Gasteiger partial charge in [0.15, 0.2) is 0 Å². The van der Waals surface area contributed by atoms with E-state index in [2.05, 4.69) is 15.2 Å². The lowest BCUT2D eigenvalue weighted by Crippen LogP contribution is -2.15. The monoisotopic (exact) mass is 339 g/mol. The number of amides is 1. The maximum absolute atomic E-state index is 12.2. The molecule has 0 atom stereocenters. The number of anilines is 1. The zero-order chi connectivity index (χ0) is 17.6. The van der Waals surface area contributed by atoms with E-state index in [1.807, 2.05) is 10.7 Å². The molecule has 1 aliphatic carbocycles. The third-order valence-corrected chi connectivity index (χ3v) is 4.35. The first kappa shape index (κ1) is 17.0. The molecule has 0 unspecified atom stereocenters. The highest BCUT2D eigenvalue weighted by Gasteiger charge is 2.20. The van der Waals surface area contributed by atoms with Gasteiger partial charge in [-0.3, -0.25) is 4.79 Å². The fraction of sp³-hybridized carbons (Fsp3) is 0.316. The van der Waals surface area contributed by atoms with Crippen LogP contribution in [0.25, 0.3) is 6.08 Å². The molecule has 6 heteroatoms. The standard InChI is InChI=1S/C19H21N3O3/c1-25-19(24)15-9-6-14(7-10-15)8-11-18(23)21-17-12-13-20-22(17)16-4-2-3-5-16/h6-13,16H,2-5H2,1H3,(H,21,23). The van der Waals surface area contributed by atoms with E-state index in [0.29, 0.717) is 11.6 Å². The van der Waals surface area contributed by atoms with Crippen molar-refractivity contribution in [3.05, 3.63) is 53.7 Å². The number of rotatable bonds is 5. The van der Waals surface area contributed by atoms with Gasteiger partial charge in [0.05, 0.1) is 24.9 Å². The fourth-order valence-electron chi connectivity index (χ4n) is 3.04. The van der Waals surface area contributed by atoms with Crippen LogP contribution < -0.4 is 5.32 Å². The van der Waals surface area contributed by atoms with E-state index in [-0.39, 0.29) is 11.9 Å². The molecule has 1 amide bonds. The highest BCUT2D eigenvalue weighted by molar-refractivity contribution is 6.01. The van der Waals surface area contributed by atoms with Crippen LogP contribution in [0.3, 0.4) is 0 Å². The molecule has 1 N–H and O–H groups in total. The Labute approximate surface area is 146 Å². The molecule has 1 aromatic heterocycles. The Hall–Kier alpha value is -2.89. The van der Waals surface area contributed by atoms with Crippen molar-refractivity contribution < 1.29 is 14.3 Å². The van der Waals surface area contributed by atoms with Gasteiger partial charge in [-0.1, -0.05) is 25.0 Å². The number of ether oxygens (including phenoxy) is 1. The number of hydrogen-bond acceptors (Lipinski definition) is 4. The number of carbonyl (C=O) groups is 2. The fourth-order valence-corrected chi connectivity index (χ4v) is 3.04. The van der Waals surface area contributed by atoms with Crippen molar-refractivity contribution in [2.75, 3.05) is 12.4 Å². The molecular formula is C19H21N3O3. The molecule has 3 rings (SSSR count). The quantitative estimate of drug-likeness (QED) is 0.669. The minimum Gasteiger partial charge on any atom is -0.465 e. The van der Waals surface area contributed by atoms with Gasteiger partial charge in [-0.25, -0.2) is 9.48 Å². The molecule has 130 valence electrons. The highest BCUT2D eigenvalue weighted by Crippen LogP contribution is 2.31. The third-order valence-electron chi connectivity index (χ3n) is 4.35. The van der Waals surface area contributed by atoms with E-state index in [4.69, 9.17) is 0 Å². The topological polar surface area (TPSA) is 73.2 Å². The maximum atomic E-state index is 12.2. The normalized spacial score (nSPS) is 14.8. The molecule has 0 spiro atoms. The summed E-state index contributed by atoms with van der Waals surface area (Å²) in [6.07, 6.45) is 9.51. The summed E-state index contributed by atoms with van der Waals surface area (Å²) in [4.78, 5) is 23.6. The molecule has 0 aliphatic heterocycles. The summed E-state index contributed by atoms with van der Waals surface area (Å²) in [6, 6.07) is 9.05. The zero-order valence-electron chi connectivity index (χ0n) is 14.1. The van der Waals surface area contributed by atoms with Crippen LogP contribution in [0, 0.1) is 0 Å². The largest absolute Gasteiger partial charge is 0.465 e. The number of aromatic nitrogens is 2. The second kappa shape index (κ2) is 7.79. The number of esters is 1. The van der Waals surface area contributed by atoms with Gasteiger partial charge in [0.2, 0.25) is 5.91 Å². The van der Waals surface area contributed by atoms with Crippen LogP contribution in [0.1, 0.15) is 47.6 Å². The van der Waals surface area contributed by atoms with Crippen molar-refractivity contribution in [1.29, 1.82) is 0 Å². The van der Waals surface area contributed by atoms with Gasteiger partial charge in [0.1, 0.15) is 5.82 Å². The molecule has 0 radical (unpaired) electrons. The van der Waals surface area contributed by atoms with Crippen molar-refractivity contribution >= 4 is 23.8 Å². The van der Waals surface area contributed by atoms with Gasteiger partial charge in [0.25, 0.3) is 0 Å². The maximum Gasteiger partial charge on any atom is 0.337 e. The van der Waals surface area contributed by atoms with E-state index < -0.39 is 0 Å². The molecular weight excluding hydrogens is 318 g/mol. The number of nitrogens with zero attached hydrogens (tertiary/aromatic N) is 2. The predicted molar refractivity (Wildman–Crippen MR) is 95.2 cm³/mol. The predicted octanol–water partition coefficient (Wildman–Crippen LogP) is 3.44. The molecule has 1 aliphatic rings. The molecule has 1 fully saturated rings. The second-order valence-electron chi connectivity index (χ2n) is 6.04. The summed E-state index contributed by atoms with van der Waals surface area (Å²) in [6.45, 7) is 0. The lowest BCUT2D eigenvalue weighted by atomic mass is 10.1. The lowest BCUT2D eigenvalue weighted by molar-refractivity contribution is -0.111. The zero-order valence-corrected chi connectivity index (χ0v) is 14.1. The van der Waals surface area contributed by atoms with Crippen molar-refractivity contribution in [3.8, 4) is 0 Å². The Morgan fingerprint density at radius 3 is 2.60 bits per heavy atom. The van der Waals surface area contributed by atoms with Gasteiger partial charge in [-0.2, -0.15) is 5.10 Å². The summed E-state index contributed by atoms with van der Waals surface area (Å²) in [5.41, 5.74) is 1.30. The van der Waals surface area contributed by atoms with E-state index in [1.54, 1.807) is 36.5 Å². The first-order chi connectivity index (χ1) is 12.2. The van der Waals surface area contributed by atoms with Crippen LogP contribution in [0.4, 0.5) is 5.82 Å². The van der Waals surface area contributed by atoms with E-state index in [0.717, 1.165) is 24.2 Å². The Kier molecular flexibility index (Phi) is 5.28. The minimum atomic E-state index is -0.381. The number of nitrogens with one attached hydrogen (secondary N) is 1. The van der Waals surface area contributed by atoms with Crippen molar-refractivity contribution in [2.24, 2.45) is 0 Å². The summed E-state index contributed by atoms with van der Waals surface area (Å²) in [5, 5.41) is 7.21. The van der Waals surface area contributed by atoms with E-state index in [9.17, 15) is 9.59 Å². The molecule has 0 saturated heterocycles. The molecule has 6 nitrogen and oxygen atoms in total. The summed E-state index contributed by atoms with van der Waals surface area (Å²) in [7, 11) is 1.34. The first-order valence-electron chi connectivity index (χ1n) is 8.38. The van der Waals surface area contributed by atoms with E-state index >= 15 is 0 Å². The molecule has 25 heavy (non-hydrogen) atoms. The van der Waals surface area contributed by atoms with Gasteiger partial charge in [0, 0.05) is 12.1 Å². The molecule has 1 saturated carbocycles. The lowest BCUT2D eigenvalue weighted by Gasteiger charge is -2.13. The SMILES string of the molecule is COC(=O)c1ccc(C=CC(=O)Nc2ccnn2C2CCCC2)cc1. The summed E-state index contributed by atoms with van der Waals surface area (Å²) < 4.78 is 6.56. The van der Waals surface area contributed by atoms with E-state index in [1.165, 1.54) is 26.0 Å². The Morgan fingerprint density at radius 2 is 1.92 bits per heavy atom. The van der Waals surface area contributed by atoms with Crippen LogP contribution in [0.2, 0.25) is 0 Å². The Bertz CT molecular complexity index is 771.